The van der Waals surface area contributed by atoms with Crippen LogP contribution in [-0.2, 0) is 19.6 Å². The van der Waals surface area contributed by atoms with E-state index in [1.54, 1.807) is 16.8 Å². The predicted molar refractivity (Wildman–Crippen MR) is 123 cm³/mol. The molecule has 3 rings (SSSR count). The number of hydrogen-bond donors (Lipinski definition) is 2. The highest BCUT2D eigenvalue weighted by Gasteiger charge is 2.15. The van der Waals surface area contributed by atoms with E-state index < -0.39 is 5.82 Å². The van der Waals surface area contributed by atoms with Crippen LogP contribution in [0.15, 0.2) is 30.3 Å². The number of nitrogens with zero attached hydrogens (tertiary/aromatic N) is 2. The number of aryl methyl sites for hydroxylation is 1. The van der Waals surface area contributed by atoms with Gasteiger partial charge in [0.25, 0.3) is 0 Å². The Morgan fingerprint density at radius 2 is 1.97 bits per heavy atom. The molecule has 10 heteroatoms. The largest absolute Gasteiger partial charge is 0.490 e. The molecule has 0 saturated carbocycles. The third kappa shape index (κ3) is 5.90. The second-order valence-corrected chi connectivity index (χ2v) is 7.93. The number of rotatable bonds is 10. The summed E-state index contributed by atoms with van der Waals surface area (Å²) in [4.78, 5) is 0. The Balaban J connectivity index is 1.78. The molecule has 0 radical (unpaired) electrons. The average molecular weight is 485 g/mol. The highest BCUT2D eigenvalue weighted by atomic mass is 35.5. The summed E-state index contributed by atoms with van der Waals surface area (Å²) in [6, 6.07) is 7.80. The van der Waals surface area contributed by atoms with Gasteiger partial charge in [0.1, 0.15) is 12.4 Å². The third-order valence-corrected chi connectivity index (χ3v) is 5.32. The van der Waals surface area contributed by atoms with Crippen LogP contribution < -0.4 is 14.9 Å². The molecule has 0 aliphatic rings. The van der Waals surface area contributed by atoms with Gasteiger partial charge in [-0.05, 0) is 55.4 Å². The third-order valence-electron chi connectivity index (χ3n) is 4.41. The first-order valence-electron chi connectivity index (χ1n) is 9.85. The van der Waals surface area contributed by atoms with Crippen LogP contribution in [0.1, 0.15) is 37.2 Å². The predicted octanol–water partition coefficient (Wildman–Crippen LogP) is 6.06. The van der Waals surface area contributed by atoms with Gasteiger partial charge in [-0.3, -0.25) is 5.10 Å². The van der Waals surface area contributed by atoms with E-state index in [0.29, 0.717) is 40.0 Å². The maximum atomic E-state index is 13.3. The Bertz CT molecular complexity index is 1100. The summed E-state index contributed by atoms with van der Waals surface area (Å²) in [5.74, 6) is 1.34. The fourth-order valence-corrected chi connectivity index (χ4v) is 3.69. The van der Waals surface area contributed by atoms with Crippen molar-refractivity contribution in [3.8, 4) is 11.5 Å². The minimum Gasteiger partial charge on any atom is -0.490 e. The number of nitrogens with one attached hydrogen (secondary N) is 2. The van der Waals surface area contributed by atoms with E-state index in [1.807, 2.05) is 13.0 Å². The molecule has 1 aromatic heterocycles. The Hall–Kier alpha value is -2.29. The number of ether oxygens (including phenoxy) is 2. The van der Waals surface area contributed by atoms with Gasteiger partial charge in [-0.15, -0.1) is 0 Å². The molecule has 2 N–H and O–H groups in total. The van der Waals surface area contributed by atoms with E-state index in [0.717, 1.165) is 24.2 Å². The first kappa shape index (κ1) is 23.4. The lowest BCUT2D eigenvalue weighted by molar-refractivity contribution is 0.269. The van der Waals surface area contributed by atoms with Crippen molar-refractivity contribution in [1.82, 2.24) is 14.9 Å². The fraction of sp³-hybridized carbons (Fsp3) is 0.333. The number of aromatic nitrogens is 3. The Morgan fingerprint density at radius 1 is 1.16 bits per heavy atom. The standard InChI is InChI=1S/C21H23Cl2FN4O2S/c1-3-5-19-26-27-21(31)28(19)25-11-13-8-17(23)20(18(9-13)29-4-2)30-12-14-6-7-15(24)10-16(14)22/h6-10,25H,3-5,11-12H2,1-2H3,(H,27,31). The molecule has 0 saturated heterocycles. The van der Waals surface area contributed by atoms with Gasteiger partial charge in [-0.1, -0.05) is 36.2 Å². The summed E-state index contributed by atoms with van der Waals surface area (Å²) >= 11 is 17.9. The fourth-order valence-electron chi connectivity index (χ4n) is 2.97. The van der Waals surface area contributed by atoms with Gasteiger partial charge in [-0.2, -0.15) is 5.10 Å². The molecule has 0 aliphatic heterocycles. The molecular formula is C21H23Cl2FN4O2S. The number of halogens is 3. The van der Waals surface area contributed by atoms with Crippen molar-refractivity contribution >= 4 is 35.4 Å². The van der Waals surface area contributed by atoms with Crippen LogP contribution in [0, 0.1) is 10.6 Å². The van der Waals surface area contributed by atoms with E-state index in [9.17, 15) is 4.39 Å². The number of aromatic amines is 1. The van der Waals surface area contributed by atoms with Gasteiger partial charge >= 0.3 is 0 Å². The molecule has 166 valence electrons. The van der Waals surface area contributed by atoms with E-state index in [-0.39, 0.29) is 11.6 Å². The van der Waals surface area contributed by atoms with Crippen molar-refractivity contribution in [2.24, 2.45) is 0 Å². The van der Waals surface area contributed by atoms with Crippen molar-refractivity contribution in [3.63, 3.8) is 0 Å². The maximum absolute atomic E-state index is 13.3. The monoisotopic (exact) mass is 484 g/mol. The molecule has 2 aromatic carbocycles. The quantitative estimate of drug-likeness (QED) is 0.342. The highest BCUT2D eigenvalue weighted by molar-refractivity contribution is 7.71. The minimum absolute atomic E-state index is 0.126. The minimum atomic E-state index is -0.404. The van der Waals surface area contributed by atoms with Crippen molar-refractivity contribution in [1.29, 1.82) is 0 Å². The number of hydrogen-bond acceptors (Lipinski definition) is 5. The summed E-state index contributed by atoms with van der Waals surface area (Å²) in [5, 5.41) is 7.72. The van der Waals surface area contributed by atoms with Crippen LogP contribution in [0.3, 0.4) is 0 Å². The molecule has 1 heterocycles. The number of H-pyrrole nitrogens is 1. The van der Waals surface area contributed by atoms with E-state index in [1.165, 1.54) is 12.1 Å². The number of benzene rings is 2. The van der Waals surface area contributed by atoms with Crippen molar-refractivity contribution in [2.75, 3.05) is 12.0 Å². The van der Waals surface area contributed by atoms with Gasteiger partial charge < -0.3 is 14.9 Å². The first-order chi connectivity index (χ1) is 14.9. The van der Waals surface area contributed by atoms with Gasteiger partial charge in [0.05, 0.1) is 23.2 Å². The topological polar surface area (TPSA) is 64.1 Å². The Kier molecular flexibility index (Phi) is 8.17. The molecule has 6 nitrogen and oxygen atoms in total. The van der Waals surface area contributed by atoms with Crippen LogP contribution in [0.2, 0.25) is 10.0 Å². The molecule has 3 aromatic rings. The second kappa shape index (κ2) is 10.8. The Morgan fingerprint density at radius 3 is 2.68 bits per heavy atom. The van der Waals surface area contributed by atoms with Crippen LogP contribution in [0.5, 0.6) is 11.5 Å². The molecule has 0 atom stereocenters. The molecule has 31 heavy (non-hydrogen) atoms. The average Bonchev–Trinajstić information content (AvgIpc) is 3.07. The molecule has 0 bridgehead atoms. The van der Waals surface area contributed by atoms with Gasteiger partial charge in [-0.25, -0.2) is 9.07 Å². The SMILES string of the molecule is CCCc1n[nH]c(=S)n1NCc1cc(Cl)c(OCc2ccc(F)cc2Cl)c(OCC)c1. The van der Waals surface area contributed by atoms with Gasteiger partial charge in [0.15, 0.2) is 17.3 Å². The Labute approximate surface area is 195 Å². The molecule has 0 fully saturated rings. The lowest BCUT2D eigenvalue weighted by Crippen LogP contribution is -2.17. The van der Waals surface area contributed by atoms with Gasteiger partial charge in [0, 0.05) is 12.0 Å². The van der Waals surface area contributed by atoms with Crippen LogP contribution >= 0.6 is 35.4 Å². The molecule has 0 spiro atoms. The summed E-state index contributed by atoms with van der Waals surface area (Å²) in [7, 11) is 0. The van der Waals surface area contributed by atoms with Crippen LogP contribution in [-0.4, -0.2) is 21.5 Å². The summed E-state index contributed by atoms with van der Waals surface area (Å²) in [6.45, 7) is 4.97. The van der Waals surface area contributed by atoms with E-state index in [2.05, 4.69) is 22.5 Å². The maximum Gasteiger partial charge on any atom is 0.214 e. The summed E-state index contributed by atoms with van der Waals surface area (Å²) in [5.41, 5.74) is 4.78. The zero-order valence-electron chi connectivity index (χ0n) is 17.2. The summed E-state index contributed by atoms with van der Waals surface area (Å²) < 4.78 is 27.1. The zero-order chi connectivity index (χ0) is 22.4. The van der Waals surface area contributed by atoms with E-state index in [4.69, 9.17) is 44.9 Å². The highest BCUT2D eigenvalue weighted by Crippen LogP contribution is 2.37. The van der Waals surface area contributed by atoms with Crippen molar-refractivity contribution in [2.45, 2.75) is 39.8 Å². The van der Waals surface area contributed by atoms with E-state index >= 15 is 0 Å². The van der Waals surface area contributed by atoms with Crippen LogP contribution in [0.4, 0.5) is 4.39 Å². The first-order valence-corrected chi connectivity index (χ1v) is 11.0. The molecule has 0 aliphatic carbocycles. The van der Waals surface area contributed by atoms with Crippen LogP contribution in [0.25, 0.3) is 0 Å². The molecular weight excluding hydrogens is 462 g/mol. The van der Waals surface area contributed by atoms with Crippen molar-refractivity contribution in [3.05, 3.63) is 67.9 Å². The lowest BCUT2D eigenvalue weighted by atomic mass is 10.2. The lowest BCUT2D eigenvalue weighted by Gasteiger charge is -2.17. The van der Waals surface area contributed by atoms with Crippen molar-refractivity contribution < 1.29 is 13.9 Å². The van der Waals surface area contributed by atoms with Gasteiger partial charge in [0.2, 0.25) is 4.77 Å². The normalized spacial score (nSPS) is 10.9. The summed E-state index contributed by atoms with van der Waals surface area (Å²) in [6.07, 6.45) is 1.75. The smallest absolute Gasteiger partial charge is 0.214 e. The zero-order valence-corrected chi connectivity index (χ0v) is 19.5. The molecule has 0 amide bonds. The molecule has 0 unspecified atom stereocenters. The second-order valence-electron chi connectivity index (χ2n) is 6.73.